The summed E-state index contributed by atoms with van der Waals surface area (Å²) in [5.74, 6) is 0.254. The summed E-state index contributed by atoms with van der Waals surface area (Å²) in [5, 5.41) is 18.7. The molecule has 2 aromatic heterocycles. The first-order chi connectivity index (χ1) is 9.54. The van der Waals surface area contributed by atoms with Crippen LogP contribution in [0.15, 0.2) is 12.5 Å². The van der Waals surface area contributed by atoms with E-state index in [1.165, 1.54) is 17.2 Å². The van der Waals surface area contributed by atoms with Gasteiger partial charge in [0.05, 0.1) is 21.8 Å². The maximum absolute atomic E-state index is 11.3. The molecule has 8 nitrogen and oxygen atoms in total. The molecule has 0 unspecified atom stereocenters. The minimum atomic E-state index is -0.530. The number of aryl methyl sites for hydroxylation is 1. The predicted octanol–water partition coefficient (Wildman–Crippen LogP) is 2.35. The summed E-state index contributed by atoms with van der Waals surface area (Å²) in [6.45, 7) is 4.25. The van der Waals surface area contributed by atoms with Gasteiger partial charge in [0.2, 0.25) is 11.6 Å². The second-order valence-corrected chi connectivity index (χ2v) is 4.49. The average Bonchev–Trinajstić information content (AvgIpc) is 2.75. The number of nitro groups is 1. The highest BCUT2D eigenvalue weighted by Crippen LogP contribution is 2.28. The molecule has 0 saturated heterocycles. The van der Waals surface area contributed by atoms with Gasteiger partial charge in [-0.3, -0.25) is 10.1 Å². The van der Waals surface area contributed by atoms with Gasteiger partial charge in [0.1, 0.15) is 6.33 Å². The van der Waals surface area contributed by atoms with E-state index in [9.17, 15) is 10.1 Å². The van der Waals surface area contributed by atoms with Crippen molar-refractivity contribution in [2.24, 2.45) is 0 Å². The first-order valence-corrected chi connectivity index (χ1v) is 6.37. The maximum atomic E-state index is 11.3. The first kappa shape index (κ1) is 14.2. The van der Waals surface area contributed by atoms with Crippen LogP contribution >= 0.6 is 11.6 Å². The highest BCUT2D eigenvalue weighted by molar-refractivity contribution is 6.31. The monoisotopic (exact) mass is 296 g/mol. The van der Waals surface area contributed by atoms with Crippen LogP contribution in [0, 0.1) is 17.0 Å². The fraction of sp³-hybridized carbons (Fsp3) is 0.364. The third kappa shape index (κ3) is 2.69. The van der Waals surface area contributed by atoms with E-state index in [2.05, 4.69) is 20.4 Å². The fourth-order valence-electron chi connectivity index (χ4n) is 1.63. The normalized spacial score (nSPS) is 10.6. The molecular weight excluding hydrogens is 284 g/mol. The van der Waals surface area contributed by atoms with Crippen LogP contribution in [0.25, 0.3) is 5.82 Å². The summed E-state index contributed by atoms with van der Waals surface area (Å²) >= 11 is 5.92. The number of hydrogen-bond acceptors (Lipinski definition) is 6. The number of nitrogens with zero attached hydrogens (tertiary/aromatic N) is 5. The van der Waals surface area contributed by atoms with Crippen molar-refractivity contribution in [2.75, 3.05) is 11.9 Å². The van der Waals surface area contributed by atoms with Crippen molar-refractivity contribution in [3.63, 3.8) is 0 Å². The van der Waals surface area contributed by atoms with E-state index >= 15 is 0 Å². The largest absolute Gasteiger partial charge is 0.364 e. The summed E-state index contributed by atoms with van der Waals surface area (Å²) in [6, 6.07) is 0. The molecule has 2 rings (SSSR count). The van der Waals surface area contributed by atoms with Crippen molar-refractivity contribution in [2.45, 2.75) is 20.3 Å². The van der Waals surface area contributed by atoms with Crippen molar-refractivity contribution in [3.8, 4) is 5.82 Å². The second kappa shape index (κ2) is 5.83. The molecule has 0 aliphatic carbocycles. The van der Waals surface area contributed by atoms with E-state index in [4.69, 9.17) is 11.6 Å². The quantitative estimate of drug-likeness (QED) is 0.671. The summed E-state index contributed by atoms with van der Waals surface area (Å²) in [4.78, 5) is 18.6. The lowest BCUT2D eigenvalue weighted by Crippen LogP contribution is -2.10. The minimum Gasteiger partial charge on any atom is -0.364 e. The molecule has 20 heavy (non-hydrogen) atoms. The van der Waals surface area contributed by atoms with E-state index in [0.29, 0.717) is 17.3 Å². The van der Waals surface area contributed by atoms with Gasteiger partial charge in [-0.05, 0) is 13.3 Å². The SMILES string of the molecule is CCCNc1ncnc(-n2cc(Cl)c(C)n2)c1[N+](=O)[O-]. The first-order valence-electron chi connectivity index (χ1n) is 6.00. The zero-order valence-electron chi connectivity index (χ0n) is 11.0. The van der Waals surface area contributed by atoms with Crippen LogP contribution in [0.3, 0.4) is 0 Å². The molecule has 0 spiro atoms. The van der Waals surface area contributed by atoms with Crippen molar-refractivity contribution in [3.05, 3.63) is 33.4 Å². The highest BCUT2D eigenvalue weighted by Gasteiger charge is 2.25. The lowest BCUT2D eigenvalue weighted by atomic mass is 10.4. The van der Waals surface area contributed by atoms with Crippen LogP contribution < -0.4 is 5.32 Å². The molecule has 0 bridgehead atoms. The van der Waals surface area contributed by atoms with E-state index in [1.54, 1.807) is 6.92 Å². The van der Waals surface area contributed by atoms with Crippen molar-refractivity contribution < 1.29 is 4.92 Å². The topological polar surface area (TPSA) is 98.8 Å². The smallest absolute Gasteiger partial charge is 0.355 e. The number of rotatable bonds is 5. The molecule has 0 fully saturated rings. The Bertz CT molecular complexity index is 622. The molecule has 0 saturated carbocycles. The molecule has 0 aliphatic rings. The highest BCUT2D eigenvalue weighted by atomic mass is 35.5. The van der Waals surface area contributed by atoms with Gasteiger partial charge in [-0.25, -0.2) is 14.6 Å². The van der Waals surface area contributed by atoms with E-state index < -0.39 is 4.92 Å². The minimum absolute atomic E-state index is 0.0820. The van der Waals surface area contributed by atoms with E-state index in [-0.39, 0.29) is 17.3 Å². The summed E-state index contributed by atoms with van der Waals surface area (Å²) in [7, 11) is 0. The Morgan fingerprint density at radius 3 is 2.80 bits per heavy atom. The van der Waals surface area contributed by atoms with Gasteiger partial charge in [0.25, 0.3) is 0 Å². The van der Waals surface area contributed by atoms with Gasteiger partial charge in [0.15, 0.2) is 0 Å². The Kier molecular flexibility index (Phi) is 4.14. The second-order valence-electron chi connectivity index (χ2n) is 4.09. The molecule has 2 aromatic rings. The van der Waals surface area contributed by atoms with Crippen molar-refractivity contribution >= 4 is 23.1 Å². The van der Waals surface area contributed by atoms with Crippen LogP contribution in [0.1, 0.15) is 19.0 Å². The van der Waals surface area contributed by atoms with Crippen LogP contribution in [-0.4, -0.2) is 31.2 Å². The van der Waals surface area contributed by atoms with Gasteiger partial charge in [-0.2, -0.15) is 5.10 Å². The van der Waals surface area contributed by atoms with E-state index in [1.807, 2.05) is 6.92 Å². The molecule has 0 amide bonds. The van der Waals surface area contributed by atoms with E-state index in [0.717, 1.165) is 6.42 Å². The number of anilines is 1. The molecule has 0 aromatic carbocycles. The molecule has 1 N–H and O–H groups in total. The van der Waals surface area contributed by atoms with Gasteiger partial charge in [-0.1, -0.05) is 18.5 Å². The van der Waals surface area contributed by atoms with Crippen LogP contribution in [0.5, 0.6) is 0 Å². The molecule has 0 radical (unpaired) electrons. The predicted molar refractivity (Wildman–Crippen MR) is 74.3 cm³/mol. The average molecular weight is 297 g/mol. The van der Waals surface area contributed by atoms with Gasteiger partial charge in [-0.15, -0.1) is 0 Å². The summed E-state index contributed by atoms with van der Waals surface area (Å²) in [5.41, 5.74) is 0.350. The number of nitrogens with one attached hydrogen (secondary N) is 1. The van der Waals surface area contributed by atoms with Crippen molar-refractivity contribution in [1.29, 1.82) is 0 Å². The Morgan fingerprint density at radius 1 is 1.50 bits per heavy atom. The zero-order chi connectivity index (χ0) is 14.7. The standard InChI is InChI=1S/C11H13ClN6O2/c1-3-4-13-10-9(18(19)20)11(15-6-14-10)17-5-8(12)7(2)16-17/h5-6H,3-4H2,1-2H3,(H,13,14,15). The Morgan fingerprint density at radius 2 is 2.25 bits per heavy atom. The lowest BCUT2D eigenvalue weighted by Gasteiger charge is -2.07. The number of hydrogen-bond donors (Lipinski definition) is 1. The van der Waals surface area contributed by atoms with Gasteiger partial charge < -0.3 is 5.32 Å². The molecule has 2 heterocycles. The molecule has 0 atom stereocenters. The summed E-state index contributed by atoms with van der Waals surface area (Å²) < 4.78 is 1.29. The Labute approximate surface area is 120 Å². The fourth-order valence-corrected chi connectivity index (χ4v) is 1.76. The van der Waals surface area contributed by atoms with Gasteiger partial charge in [0, 0.05) is 6.54 Å². The maximum Gasteiger partial charge on any atom is 0.355 e. The third-order valence-electron chi connectivity index (χ3n) is 2.58. The summed E-state index contributed by atoms with van der Waals surface area (Å²) in [6.07, 6.45) is 3.56. The molecule has 106 valence electrons. The number of aromatic nitrogens is 4. The van der Waals surface area contributed by atoms with Crippen LogP contribution in [0.4, 0.5) is 11.5 Å². The molecular formula is C11H13ClN6O2. The van der Waals surface area contributed by atoms with Crippen LogP contribution in [-0.2, 0) is 0 Å². The molecule has 0 aliphatic heterocycles. The Balaban J connectivity index is 2.54. The van der Waals surface area contributed by atoms with Gasteiger partial charge >= 0.3 is 5.69 Å². The Hall–Kier alpha value is -2.22. The number of halogens is 1. The van der Waals surface area contributed by atoms with Crippen LogP contribution in [0.2, 0.25) is 5.02 Å². The van der Waals surface area contributed by atoms with Crippen molar-refractivity contribution in [1.82, 2.24) is 19.7 Å². The molecule has 9 heteroatoms. The third-order valence-corrected chi connectivity index (χ3v) is 2.96. The zero-order valence-corrected chi connectivity index (χ0v) is 11.8. The lowest BCUT2D eigenvalue weighted by molar-refractivity contribution is -0.384.